The third kappa shape index (κ3) is 12.0. The molecule has 1 fully saturated rings. The Morgan fingerprint density at radius 1 is 1.00 bits per heavy atom. The summed E-state index contributed by atoms with van der Waals surface area (Å²) in [5.74, 6) is 0. The molecule has 6 heteroatoms. The van der Waals surface area contributed by atoms with Crippen LogP contribution in [0.25, 0.3) is 0 Å². The third-order valence-corrected chi connectivity index (χ3v) is 3.20. The Morgan fingerprint density at radius 2 is 1.47 bits per heavy atom. The molecule has 1 saturated heterocycles. The van der Waals surface area contributed by atoms with Crippen LogP contribution in [0.15, 0.2) is 0 Å². The van der Waals surface area contributed by atoms with E-state index in [0.717, 1.165) is 0 Å². The molecule has 0 atom stereocenters. The van der Waals surface area contributed by atoms with Crippen molar-refractivity contribution in [1.82, 2.24) is 0 Å². The smallest absolute Gasteiger partial charge is 0.762 e. The number of unbranched alkanes of at least 4 members (excludes halogenated alkanes) is 3. The molecule has 1 aliphatic rings. The van der Waals surface area contributed by atoms with Crippen LogP contribution in [0.3, 0.4) is 0 Å². The Hall–Kier alpha value is -0.255. The van der Waals surface area contributed by atoms with Crippen molar-refractivity contribution in [2.75, 3.05) is 26.7 Å². The first-order valence-electron chi connectivity index (χ1n) is 6.26. The van der Waals surface area contributed by atoms with E-state index >= 15 is 0 Å². The molecule has 104 valence electrons. The molecule has 17 heavy (non-hydrogen) atoms. The van der Waals surface area contributed by atoms with Crippen molar-refractivity contribution in [3.05, 3.63) is 0 Å². The zero-order chi connectivity index (χ0) is 12.4. The van der Waals surface area contributed by atoms with Crippen molar-refractivity contribution in [2.45, 2.75) is 45.4 Å². The van der Waals surface area contributed by atoms with E-state index in [-0.39, 0.29) is 4.70 Å². The molecule has 0 saturated carbocycles. The topological polar surface area (TPSA) is 0 Å². The van der Waals surface area contributed by atoms with E-state index in [1.54, 1.807) is 0 Å². The minimum atomic E-state index is -3.67. The van der Waals surface area contributed by atoms with Gasteiger partial charge in [-0.15, -0.1) is 0 Å². The molecule has 0 unspecified atom stereocenters. The Bertz CT molecular complexity index is 161. The van der Waals surface area contributed by atoms with E-state index in [9.17, 15) is 12.9 Å². The molecule has 0 N–H and O–H groups in total. The summed E-state index contributed by atoms with van der Waals surface area (Å²) in [6, 6.07) is 0. The lowest BCUT2D eigenvalue weighted by atomic mass is 10.2. The highest BCUT2D eigenvalue weighted by atomic mass is 19.4. The third-order valence-electron chi connectivity index (χ3n) is 3.20. The lowest BCUT2D eigenvalue weighted by Crippen LogP contribution is -3.00. The summed E-state index contributed by atoms with van der Waals surface area (Å²) in [6.45, 7) is 6.59. The zero-order valence-corrected chi connectivity index (χ0v) is 10.9. The largest absolute Gasteiger partial charge is 1.00 e. The van der Waals surface area contributed by atoms with Gasteiger partial charge in [-0.2, -0.15) is 0 Å². The molecule has 0 radical (unpaired) electrons. The quantitative estimate of drug-likeness (QED) is 0.294. The van der Waals surface area contributed by atoms with Crippen molar-refractivity contribution < 1.29 is 22.1 Å². The molecular formula is C11H24BF4N. The number of nitrogens with zero attached hydrogens (tertiary/aromatic N) is 1. The van der Waals surface area contributed by atoms with Gasteiger partial charge < -0.3 is 9.19 Å². The van der Waals surface area contributed by atoms with Crippen LogP contribution in [0.2, 0.25) is 0 Å². The number of hydrogen-bond donors (Lipinski definition) is 0. The molecule has 1 nitrogen and oxygen atoms in total. The Labute approximate surface area is 103 Å². The maximum Gasteiger partial charge on any atom is 0.762 e. The fourth-order valence-corrected chi connectivity index (χ4v) is 2.24. The van der Waals surface area contributed by atoms with Gasteiger partial charge in [0.1, 0.15) is 0 Å². The Balaban J connectivity index is 0. The van der Waals surface area contributed by atoms with Gasteiger partial charge in [0.2, 0.25) is 0 Å². The highest BCUT2D eigenvalue weighted by Gasteiger charge is 2.25. The summed E-state index contributed by atoms with van der Waals surface area (Å²) in [5, 5.41) is 0. The van der Waals surface area contributed by atoms with Crippen molar-refractivity contribution in [3.63, 3.8) is 0 Å². The number of rotatable bonds is 5. The molecular weight excluding hydrogens is 233 g/mol. The second-order valence-electron chi connectivity index (χ2n) is 4.81. The highest BCUT2D eigenvalue weighted by molar-refractivity contribution is 6.33. The predicted octanol–water partition coefficient (Wildman–Crippen LogP) is 0.691. The lowest BCUT2D eigenvalue weighted by molar-refractivity contribution is -0.897. The van der Waals surface area contributed by atoms with Crippen LogP contribution >= 0.6 is 0 Å². The number of quaternary nitrogens is 1. The first kappa shape index (κ1) is 19.1. The second-order valence-corrected chi connectivity index (χ2v) is 4.81. The van der Waals surface area contributed by atoms with Gasteiger partial charge in [0, 0.05) is 12.8 Å². The number of likely N-dealkylation sites (tertiary alicyclic amines) is 1. The molecule has 1 heterocycles. The minimum Gasteiger partial charge on any atom is -1.00 e. The standard InChI is InChI=1S/C11H24N.BF3.FH/c1-3-4-5-6-9-12(2)10-7-8-11-12;2-1(3)4;/h3-11H2,1-2H3;;1H/q+1;;/p-1. The summed E-state index contributed by atoms with van der Waals surface area (Å²) < 4.78 is 30.4. The van der Waals surface area contributed by atoms with E-state index in [4.69, 9.17) is 0 Å². The SMILES string of the molecule is CCCCCC[N+]1(C)CCCC1.FB(F)F.[F-]. The molecule has 0 aromatic rings. The highest BCUT2D eigenvalue weighted by Crippen LogP contribution is 2.17. The maximum atomic E-state index is 9.67. The average Bonchev–Trinajstić information content (AvgIpc) is 2.60. The fraction of sp³-hybridized carbons (Fsp3) is 1.00. The molecule has 1 aliphatic heterocycles. The summed E-state index contributed by atoms with van der Waals surface area (Å²) >= 11 is 0. The van der Waals surface area contributed by atoms with Gasteiger partial charge in [0.05, 0.1) is 26.7 Å². The maximum absolute atomic E-state index is 9.67. The van der Waals surface area contributed by atoms with Crippen molar-refractivity contribution in [3.8, 4) is 0 Å². The zero-order valence-electron chi connectivity index (χ0n) is 10.9. The summed E-state index contributed by atoms with van der Waals surface area (Å²) in [7, 11) is -1.24. The molecule has 0 aromatic carbocycles. The molecule has 0 spiro atoms. The number of halogens is 4. The summed E-state index contributed by atoms with van der Waals surface area (Å²) in [6.07, 6.45) is 8.62. The number of hydrogen-bond acceptors (Lipinski definition) is 0. The van der Waals surface area contributed by atoms with E-state index < -0.39 is 7.54 Å². The van der Waals surface area contributed by atoms with Gasteiger partial charge in [-0.3, -0.25) is 12.9 Å². The first-order valence-corrected chi connectivity index (χ1v) is 6.26. The first-order chi connectivity index (χ1) is 7.50. The van der Waals surface area contributed by atoms with E-state index in [2.05, 4.69) is 14.0 Å². The predicted molar refractivity (Wildman–Crippen MR) is 63.2 cm³/mol. The molecule has 0 bridgehead atoms. The normalized spacial score (nSPS) is 16.8. The van der Waals surface area contributed by atoms with Crippen LogP contribution in [0.4, 0.5) is 12.9 Å². The van der Waals surface area contributed by atoms with Gasteiger partial charge >= 0.3 is 7.54 Å². The van der Waals surface area contributed by atoms with Crippen LogP contribution in [0.1, 0.15) is 45.4 Å². The second kappa shape index (κ2) is 10.9. The van der Waals surface area contributed by atoms with Crippen LogP contribution in [0, 0.1) is 0 Å². The van der Waals surface area contributed by atoms with Crippen LogP contribution in [-0.4, -0.2) is 38.7 Å². The molecule has 1 rings (SSSR count). The van der Waals surface area contributed by atoms with Gasteiger partial charge in [0.25, 0.3) is 0 Å². The Kier molecular flexibility index (Phi) is 12.2. The van der Waals surface area contributed by atoms with Crippen LogP contribution in [0.5, 0.6) is 0 Å². The molecule has 0 aromatic heterocycles. The van der Waals surface area contributed by atoms with Crippen molar-refractivity contribution in [1.29, 1.82) is 0 Å². The van der Waals surface area contributed by atoms with Gasteiger partial charge in [-0.1, -0.05) is 19.8 Å². The molecule has 0 amide bonds. The van der Waals surface area contributed by atoms with Gasteiger partial charge in [-0.25, -0.2) is 0 Å². The van der Waals surface area contributed by atoms with E-state index in [0.29, 0.717) is 0 Å². The monoisotopic (exact) mass is 257 g/mol. The molecule has 0 aliphatic carbocycles. The van der Waals surface area contributed by atoms with Gasteiger partial charge in [-0.05, 0) is 12.8 Å². The fourth-order valence-electron chi connectivity index (χ4n) is 2.24. The van der Waals surface area contributed by atoms with E-state index in [1.165, 1.54) is 62.6 Å². The Morgan fingerprint density at radius 3 is 1.88 bits per heavy atom. The van der Waals surface area contributed by atoms with Gasteiger partial charge in [0.15, 0.2) is 0 Å². The van der Waals surface area contributed by atoms with Crippen molar-refractivity contribution >= 4 is 7.54 Å². The summed E-state index contributed by atoms with van der Waals surface area (Å²) in [4.78, 5) is 0. The van der Waals surface area contributed by atoms with E-state index in [1.807, 2.05) is 0 Å². The van der Waals surface area contributed by atoms with Crippen LogP contribution < -0.4 is 4.70 Å². The average molecular weight is 257 g/mol. The summed E-state index contributed by atoms with van der Waals surface area (Å²) in [5.41, 5.74) is 0. The van der Waals surface area contributed by atoms with Crippen LogP contribution in [-0.2, 0) is 0 Å². The van der Waals surface area contributed by atoms with Crippen molar-refractivity contribution in [2.24, 2.45) is 0 Å². The lowest BCUT2D eigenvalue weighted by Gasteiger charge is -2.29. The minimum absolute atomic E-state index is 0.